The summed E-state index contributed by atoms with van der Waals surface area (Å²) in [5.41, 5.74) is 9.61. The van der Waals surface area contributed by atoms with E-state index in [2.05, 4.69) is 5.32 Å². The Bertz CT molecular complexity index is 1550. The number of hydrogen-bond acceptors (Lipinski definition) is 5. The first kappa shape index (κ1) is 27.9. The lowest BCUT2D eigenvalue weighted by atomic mass is 10.0. The van der Waals surface area contributed by atoms with Gasteiger partial charge >= 0.3 is 0 Å². The summed E-state index contributed by atoms with van der Waals surface area (Å²) in [5.74, 6) is -1.07. The molecule has 1 aromatic heterocycles. The molecule has 0 unspecified atom stereocenters. The number of benzene rings is 3. The van der Waals surface area contributed by atoms with E-state index in [1.54, 1.807) is 30.3 Å². The third-order valence-electron chi connectivity index (χ3n) is 7.64. The number of nitrogens with one attached hydrogen (secondary N) is 1. The minimum absolute atomic E-state index is 0.0324. The van der Waals surface area contributed by atoms with Gasteiger partial charge in [-0.3, -0.25) is 14.4 Å². The minimum atomic E-state index is -0.919. The van der Waals surface area contributed by atoms with Crippen LogP contribution in [0.5, 0.6) is 0 Å². The first-order valence-corrected chi connectivity index (χ1v) is 13.7. The average molecular weight is 554 g/mol. The van der Waals surface area contributed by atoms with E-state index in [1.807, 2.05) is 78.3 Å². The topological polar surface area (TPSA) is 121 Å². The maximum atomic E-state index is 13.7. The molecule has 212 valence electrons. The number of para-hydroxylation sites is 1. The number of aliphatic hydroxyl groups excluding tert-OH is 1. The van der Waals surface area contributed by atoms with Crippen molar-refractivity contribution in [1.29, 1.82) is 0 Å². The van der Waals surface area contributed by atoms with E-state index in [9.17, 15) is 19.5 Å². The van der Waals surface area contributed by atoms with Crippen LogP contribution in [-0.2, 0) is 29.6 Å². The van der Waals surface area contributed by atoms with Crippen molar-refractivity contribution >= 4 is 34.3 Å². The molecule has 0 radical (unpaired) electrons. The molecule has 0 bridgehead atoms. The summed E-state index contributed by atoms with van der Waals surface area (Å²) in [5, 5.41) is 14.2. The third-order valence-corrected chi connectivity index (χ3v) is 7.64. The molecule has 0 saturated carbocycles. The van der Waals surface area contributed by atoms with Crippen molar-refractivity contribution in [3.05, 3.63) is 102 Å². The number of likely N-dealkylation sites (tertiary alicyclic amines) is 1. The van der Waals surface area contributed by atoms with Gasteiger partial charge in [0.1, 0.15) is 12.1 Å². The molecule has 1 aliphatic heterocycles. The van der Waals surface area contributed by atoms with Gasteiger partial charge in [0.15, 0.2) is 0 Å². The number of likely N-dealkylation sites (N-methyl/N-ethyl adjacent to an activating group) is 1. The Morgan fingerprint density at radius 3 is 2.41 bits per heavy atom. The van der Waals surface area contributed by atoms with Crippen LogP contribution in [0, 0.1) is 0 Å². The first-order valence-electron chi connectivity index (χ1n) is 13.7. The highest BCUT2D eigenvalue weighted by Crippen LogP contribution is 2.26. The van der Waals surface area contributed by atoms with Crippen molar-refractivity contribution in [2.24, 2.45) is 7.05 Å². The van der Waals surface area contributed by atoms with Crippen molar-refractivity contribution in [2.45, 2.75) is 37.6 Å². The number of carbonyl (C=O) groups excluding carboxylic acids is 3. The number of nitrogens with two attached hydrogens (primary N) is 1. The molecule has 3 atom stereocenters. The van der Waals surface area contributed by atoms with Crippen LogP contribution in [0.2, 0.25) is 0 Å². The maximum Gasteiger partial charge on any atom is 0.256 e. The van der Waals surface area contributed by atoms with Gasteiger partial charge < -0.3 is 30.5 Å². The monoisotopic (exact) mass is 553 g/mol. The number of aliphatic hydroxyl groups is 1. The number of rotatable bonds is 8. The molecule has 41 heavy (non-hydrogen) atoms. The van der Waals surface area contributed by atoms with Gasteiger partial charge in [-0.25, -0.2) is 0 Å². The fourth-order valence-corrected chi connectivity index (χ4v) is 5.51. The summed E-state index contributed by atoms with van der Waals surface area (Å²) >= 11 is 0. The second-order valence-electron chi connectivity index (χ2n) is 10.7. The van der Waals surface area contributed by atoms with Crippen LogP contribution >= 0.6 is 0 Å². The average Bonchev–Trinajstić information content (AvgIpc) is 3.53. The molecule has 9 heteroatoms. The molecular weight excluding hydrogens is 518 g/mol. The fourth-order valence-electron chi connectivity index (χ4n) is 5.51. The zero-order valence-corrected chi connectivity index (χ0v) is 23.2. The maximum absolute atomic E-state index is 13.7. The molecule has 4 aromatic rings. The highest BCUT2D eigenvalue weighted by molar-refractivity contribution is 6.08. The van der Waals surface area contributed by atoms with E-state index in [0.29, 0.717) is 17.8 Å². The predicted molar refractivity (Wildman–Crippen MR) is 158 cm³/mol. The number of amides is 3. The summed E-state index contributed by atoms with van der Waals surface area (Å²) in [6.45, 7) is 0.409. The van der Waals surface area contributed by atoms with Gasteiger partial charge in [0.05, 0.1) is 11.7 Å². The third kappa shape index (κ3) is 6.10. The molecule has 0 spiro atoms. The van der Waals surface area contributed by atoms with Crippen LogP contribution in [0.4, 0.5) is 5.69 Å². The number of nitrogens with zero attached hydrogens (tertiary/aromatic N) is 3. The minimum Gasteiger partial charge on any atom is -0.399 e. The number of aromatic nitrogens is 1. The molecule has 1 saturated heterocycles. The normalized spacial score (nSPS) is 17.4. The van der Waals surface area contributed by atoms with Crippen molar-refractivity contribution in [3.63, 3.8) is 0 Å². The molecule has 5 rings (SSSR count). The van der Waals surface area contributed by atoms with Gasteiger partial charge in [0.2, 0.25) is 11.8 Å². The predicted octanol–water partition coefficient (Wildman–Crippen LogP) is 2.72. The summed E-state index contributed by atoms with van der Waals surface area (Å²) in [4.78, 5) is 44.1. The van der Waals surface area contributed by atoms with E-state index < -0.39 is 24.1 Å². The molecule has 3 amide bonds. The van der Waals surface area contributed by atoms with Gasteiger partial charge in [-0.15, -0.1) is 0 Å². The van der Waals surface area contributed by atoms with Gasteiger partial charge in [0, 0.05) is 62.8 Å². The fraction of sp³-hybridized carbons (Fsp3) is 0.281. The molecule has 4 N–H and O–H groups in total. The lowest BCUT2D eigenvalue weighted by molar-refractivity contribution is -0.136. The van der Waals surface area contributed by atoms with Crippen LogP contribution in [0.25, 0.3) is 10.9 Å². The number of carbonyl (C=O) groups is 3. The lowest BCUT2D eigenvalue weighted by Gasteiger charge is -2.28. The van der Waals surface area contributed by atoms with Gasteiger partial charge in [-0.05, 0) is 29.3 Å². The first-order chi connectivity index (χ1) is 19.7. The molecule has 0 aliphatic carbocycles. The smallest absolute Gasteiger partial charge is 0.256 e. The molecular formula is C32H35N5O4. The zero-order valence-electron chi connectivity index (χ0n) is 23.2. The van der Waals surface area contributed by atoms with Crippen LogP contribution in [0.1, 0.15) is 27.9 Å². The second-order valence-corrected chi connectivity index (χ2v) is 10.7. The van der Waals surface area contributed by atoms with Gasteiger partial charge in [0.25, 0.3) is 5.91 Å². The zero-order chi connectivity index (χ0) is 29.1. The Kier molecular flexibility index (Phi) is 8.07. The van der Waals surface area contributed by atoms with Crippen LogP contribution in [0.3, 0.4) is 0 Å². The van der Waals surface area contributed by atoms with Crippen molar-refractivity contribution in [2.75, 3.05) is 19.3 Å². The van der Waals surface area contributed by atoms with E-state index in [4.69, 9.17) is 5.73 Å². The van der Waals surface area contributed by atoms with Crippen LogP contribution in [-0.4, -0.2) is 69.0 Å². The number of aryl methyl sites for hydroxylation is 1. The van der Waals surface area contributed by atoms with Crippen LogP contribution in [0.15, 0.2) is 85.1 Å². The Morgan fingerprint density at radius 2 is 1.68 bits per heavy atom. The summed E-state index contributed by atoms with van der Waals surface area (Å²) in [6, 6.07) is 22.5. The standard InChI is InChI=1S/C32H35N5O4/c1-35-20-26(25-10-6-7-11-28(25)35)31(40)37-19-24(38)17-29(37)30(39)34-27(16-21-12-14-23(33)15-13-21)32(41)36(2)18-22-8-4-3-5-9-22/h3-15,20,24,27,29,38H,16-19,33H2,1-2H3,(H,34,39)/t24-,27+,29+/m1/s1. The van der Waals surface area contributed by atoms with Gasteiger partial charge in [-0.1, -0.05) is 60.7 Å². The Hall–Kier alpha value is -4.63. The summed E-state index contributed by atoms with van der Waals surface area (Å²) in [7, 11) is 3.56. The van der Waals surface area contributed by atoms with Crippen molar-refractivity contribution in [1.82, 2.24) is 19.7 Å². The molecule has 3 aromatic carbocycles. The summed E-state index contributed by atoms with van der Waals surface area (Å²) in [6.07, 6.45) is 1.23. The number of fused-ring (bicyclic) bond motifs is 1. The lowest BCUT2D eigenvalue weighted by Crippen LogP contribution is -2.54. The molecule has 2 heterocycles. The molecule has 9 nitrogen and oxygen atoms in total. The van der Waals surface area contributed by atoms with E-state index >= 15 is 0 Å². The molecule has 1 aliphatic rings. The number of hydrogen-bond donors (Lipinski definition) is 3. The Morgan fingerprint density at radius 1 is 1.00 bits per heavy atom. The SMILES string of the molecule is CN(Cc1ccccc1)C(=O)[C@H](Cc1ccc(N)cc1)NC(=O)[C@@H]1C[C@@H](O)CN1C(=O)c1cn(C)c2ccccc12. The highest BCUT2D eigenvalue weighted by Gasteiger charge is 2.41. The number of β-amino-alcohol motifs (C(OH)–C–C–N with tert-alkyl or cyclic N) is 1. The molecule has 1 fully saturated rings. The summed E-state index contributed by atoms with van der Waals surface area (Å²) < 4.78 is 1.87. The van der Waals surface area contributed by atoms with Gasteiger partial charge in [-0.2, -0.15) is 0 Å². The Labute approximate surface area is 239 Å². The highest BCUT2D eigenvalue weighted by atomic mass is 16.3. The van der Waals surface area contributed by atoms with E-state index in [1.165, 1.54) is 4.90 Å². The number of nitrogen functional groups attached to an aromatic ring is 1. The quantitative estimate of drug-likeness (QED) is 0.290. The van der Waals surface area contributed by atoms with Crippen molar-refractivity contribution < 1.29 is 19.5 Å². The van der Waals surface area contributed by atoms with Crippen molar-refractivity contribution in [3.8, 4) is 0 Å². The Balaban J connectivity index is 1.38. The largest absolute Gasteiger partial charge is 0.399 e. The second kappa shape index (κ2) is 11.9. The van der Waals surface area contributed by atoms with E-state index in [0.717, 1.165) is 22.0 Å². The van der Waals surface area contributed by atoms with Crippen LogP contribution < -0.4 is 11.1 Å². The number of anilines is 1. The van der Waals surface area contributed by atoms with E-state index in [-0.39, 0.29) is 31.2 Å².